The van der Waals surface area contributed by atoms with Crippen LogP contribution in [0.2, 0.25) is 0 Å². The molecule has 1 aliphatic carbocycles. The number of amides is 1. The summed E-state index contributed by atoms with van der Waals surface area (Å²) in [4.78, 5) is 25.2. The topological polar surface area (TPSA) is 61.4 Å². The Bertz CT molecular complexity index is 894. The molecule has 1 saturated carbocycles. The number of likely N-dealkylation sites (N-methyl/N-ethyl adjacent to an activating group) is 2. The van der Waals surface area contributed by atoms with Crippen LogP contribution in [0.15, 0.2) is 24.3 Å². The third-order valence-corrected chi connectivity index (χ3v) is 5.98. The lowest BCUT2D eigenvalue weighted by atomic mass is 9.77. The van der Waals surface area contributed by atoms with Crippen LogP contribution in [0.3, 0.4) is 0 Å². The van der Waals surface area contributed by atoms with E-state index in [0.29, 0.717) is 17.9 Å². The molecule has 1 aromatic carbocycles. The minimum Gasteiger partial charge on any atom is -0.351 e. The summed E-state index contributed by atoms with van der Waals surface area (Å²) in [5.74, 6) is 1.84. The molecule has 0 bridgehead atoms. The molecule has 2 aromatic rings. The van der Waals surface area contributed by atoms with Crippen molar-refractivity contribution in [3.63, 3.8) is 0 Å². The third-order valence-electron chi connectivity index (χ3n) is 5.98. The first kappa shape index (κ1) is 18.7. The fourth-order valence-corrected chi connectivity index (χ4v) is 4.15. The number of carbonyl (C=O) groups excluding carboxylic acids is 1. The summed E-state index contributed by atoms with van der Waals surface area (Å²) in [5.41, 5.74) is 2.75. The van der Waals surface area contributed by atoms with Crippen molar-refractivity contribution in [1.82, 2.24) is 9.97 Å². The molecule has 28 heavy (non-hydrogen) atoms. The van der Waals surface area contributed by atoms with Gasteiger partial charge in [0.15, 0.2) is 5.82 Å². The smallest absolute Gasteiger partial charge is 0.249 e. The number of hydrogen-bond donors (Lipinski definition) is 1. The maximum atomic E-state index is 13.0. The van der Waals surface area contributed by atoms with Crippen molar-refractivity contribution in [2.75, 3.05) is 29.2 Å². The second-order valence-electron chi connectivity index (χ2n) is 8.00. The number of nitrogens with zero attached hydrogens (tertiary/aromatic N) is 4. The standard InChI is InChI=1S/C21H26FN5O/c1-12-18-19(26(3)13(2)20(28)27(18)4)25-21(23-12)24-17-10-15(11-17)9-14-5-7-16(22)8-6-14/h5-8,13,15,17H,9-11H2,1-4H3,(H,23,24,25)/t13-,15?,17?/m0/s1. The van der Waals surface area contributed by atoms with E-state index in [1.807, 2.05) is 37.9 Å². The fourth-order valence-electron chi connectivity index (χ4n) is 4.15. The van der Waals surface area contributed by atoms with Gasteiger partial charge in [0.2, 0.25) is 11.9 Å². The summed E-state index contributed by atoms with van der Waals surface area (Å²) in [5, 5.41) is 3.44. The van der Waals surface area contributed by atoms with E-state index in [1.165, 1.54) is 17.7 Å². The molecule has 0 saturated heterocycles. The molecule has 1 aliphatic heterocycles. The molecule has 0 spiro atoms. The molecule has 1 N–H and O–H groups in total. The van der Waals surface area contributed by atoms with E-state index in [-0.39, 0.29) is 17.8 Å². The number of nitrogens with one attached hydrogen (secondary N) is 1. The molecule has 4 rings (SSSR count). The van der Waals surface area contributed by atoms with E-state index >= 15 is 0 Å². The fraction of sp³-hybridized carbons (Fsp3) is 0.476. The number of hydrogen-bond acceptors (Lipinski definition) is 5. The van der Waals surface area contributed by atoms with Crippen molar-refractivity contribution in [2.45, 2.75) is 45.2 Å². The molecule has 0 radical (unpaired) electrons. The van der Waals surface area contributed by atoms with Crippen LogP contribution in [-0.4, -0.2) is 42.1 Å². The van der Waals surface area contributed by atoms with Crippen LogP contribution in [0.5, 0.6) is 0 Å². The van der Waals surface area contributed by atoms with Crippen LogP contribution < -0.4 is 15.1 Å². The SMILES string of the molecule is Cc1nc(NC2CC(Cc3ccc(F)cc3)C2)nc2c1N(C)C(=O)[C@H](C)N2C. The number of aromatic nitrogens is 2. The first-order chi connectivity index (χ1) is 13.3. The van der Waals surface area contributed by atoms with Crippen LogP contribution in [0, 0.1) is 18.7 Å². The monoisotopic (exact) mass is 383 g/mol. The number of carbonyl (C=O) groups is 1. The summed E-state index contributed by atoms with van der Waals surface area (Å²) in [6.07, 6.45) is 3.05. The van der Waals surface area contributed by atoms with Gasteiger partial charge in [0.25, 0.3) is 0 Å². The highest BCUT2D eigenvalue weighted by Crippen LogP contribution is 2.37. The van der Waals surface area contributed by atoms with Crippen molar-refractivity contribution in [3.8, 4) is 0 Å². The summed E-state index contributed by atoms with van der Waals surface area (Å²) >= 11 is 0. The first-order valence-electron chi connectivity index (χ1n) is 9.73. The van der Waals surface area contributed by atoms with Crippen LogP contribution in [0.4, 0.5) is 21.8 Å². The average molecular weight is 383 g/mol. The van der Waals surface area contributed by atoms with E-state index in [4.69, 9.17) is 4.98 Å². The number of rotatable bonds is 4. The normalized spacial score (nSPS) is 24.0. The van der Waals surface area contributed by atoms with Crippen molar-refractivity contribution >= 4 is 23.4 Å². The molecule has 6 nitrogen and oxygen atoms in total. The number of anilines is 3. The van der Waals surface area contributed by atoms with E-state index in [0.717, 1.165) is 36.5 Å². The van der Waals surface area contributed by atoms with Crippen molar-refractivity contribution in [2.24, 2.45) is 5.92 Å². The Morgan fingerprint density at radius 2 is 1.86 bits per heavy atom. The van der Waals surface area contributed by atoms with E-state index in [9.17, 15) is 9.18 Å². The van der Waals surface area contributed by atoms with Gasteiger partial charge in [0.1, 0.15) is 17.5 Å². The van der Waals surface area contributed by atoms with E-state index in [2.05, 4.69) is 10.3 Å². The largest absolute Gasteiger partial charge is 0.351 e. The molecular formula is C21H26FN5O. The van der Waals surface area contributed by atoms with Gasteiger partial charge in [-0.1, -0.05) is 12.1 Å². The average Bonchev–Trinajstić information content (AvgIpc) is 2.64. The van der Waals surface area contributed by atoms with Gasteiger partial charge in [-0.05, 0) is 56.7 Å². The Morgan fingerprint density at radius 3 is 2.54 bits per heavy atom. The summed E-state index contributed by atoms with van der Waals surface area (Å²) in [6, 6.07) is 6.86. The Balaban J connectivity index is 1.42. The minimum atomic E-state index is -0.247. The highest BCUT2D eigenvalue weighted by atomic mass is 19.1. The highest BCUT2D eigenvalue weighted by molar-refractivity contribution is 6.04. The second kappa shape index (κ2) is 7.04. The van der Waals surface area contributed by atoms with E-state index in [1.54, 1.807) is 11.9 Å². The summed E-state index contributed by atoms with van der Waals surface area (Å²) in [7, 11) is 3.67. The molecule has 1 aromatic heterocycles. The molecule has 7 heteroatoms. The van der Waals surface area contributed by atoms with Gasteiger partial charge >= 0.3 is 0 Å². The van der Waals surface area contributed by atoms with Crippen LogP contribution in [0.25, 0.3) is 0 Å². The van der Waals surface area contributed by atoms with Gasteiger partial charge in [-0.3, -0.25) is 4.79 Å². The quantitative estimate of drug-likeness (QED) is 0.879. The number of aryl methyl sites for hydroxylation is 1. The Kier molecular flexibility index (Phi) is 4.69. The maximum Gasteiger partial charge on any atom is 0.249 e. The Morgan fingerprint density at radius 1 is 1.18 bits per heavy atom. The zero-order valence-electron chi connectivity index (χ0n) is 16.7. The maximum absolute atomic E-state index is 13.0. The lowest BCUT2D eigenvalue weighted by Crippen LogP contribution is -2.50. The Hall–Kier alpha value is -2.70. The third kappa shape index (κ3) is 3.30. The van der Waals surface area contributed by atoms with Gasteiger partial charge in [0.05, 0.1) is 5.69 Å². The summed E-state index contributed by atoms with van der Waals surface area (Å²) < 4.78 is 13.0. The molecule has 148 valence electrons. The molecular weight excluding hydrogens is 357 g/mol. The molecule has 2 heterocycles. The second-order valence-corrected chi connectivity index (χ2v) is 8.00. The van der Waals surface area contributed by atoms with Crippen LogP contribution in [-0.2, 0) is 11.2 Å². The van der Waals surface area contributed by atoms with Gasteiger partial charge < -0.3 is 15.1 Å². The molecule has 0 unspecified atom stereocenters. The molecule has 1 atom stereocenters. The number of halogens is 1. The lowest BCUT2D eigenvalue weighted by molar-refractivity contribution is -0.119. The predicted molar refractivity (Wildman–Crippen MR) is 108 cm³/mol. The lowest BCUT2D eigenvalue weighted by Gasteiger charge is -2.39. The van der Waals surface area contributed by atoms with Crippen molar-refractivity contribution in [3.05, 3.63) is 41.3 Å². The number of benzene rings is 1. The first-order valence-corrected chi connectivity index (χ1v) is 9.73. The van der Waals surface area contributed by atoms with E-state index < -0.39 is 0 Å². The molecule has 1 amide bonds. The Labute approximate surface area is 164 Å². The van der Waals surface area contributed by atoms with Crippen LogP contribution in [0.1, 0.15) is 31.0 Å². The zero-order valence-corrected chi connectivity index (χ0v) is 16.7. The predicted octanol–water partition coefficient (Wildman–Crippen LogP) is 3.16. The van der Waals surface area contributed by atoms with Crippen LogP contribution >= 0.6 is 0 Å². The van der Waals surface area contributed by atoms with Gasteiger partial charge in [0, 0.05) is 20.1 Å². The number of fused-ring (bicyclic) bond motifs is 1. The van der Waals surface area contributed by atoms with Gasteiger partial charge in [-0.25, -0.2) is 9.37 Å². The van der Waals surface area contributed by atoms with Gasteiger partial charge in [-0.2, -0.15) is 4.98 Å². The van der Waals surface area contributed by atoms with Crippen molar-refractivity contribution in [1.29, 1.82) is 0 Å². The van der Waals surface area contributed by atoms with Crippen molar-refractivity contribution < 1.29 is 9.18 Å². The molecule has 2 aliphatic rings. The highest BCUT2D eigenvalue weighted by Gasteiger charge is 2.35. The van der Waals surface area contributed by atoms with Gasteiger partial charge in [-0.15, -0.1) is 0 Å². The summed E-state index contributed by atoms with van der Waals surface area (Å²) in [6.45, 7) is 3.80. The minimum absolute atomic E-state index is 0.0463. The zero-order chi connectivity index (χ0) is 20.0. The molecule has 1 fully saturated rings.